The van der Waals surface area contributed by atoms with Crippen molar-refractivity contribution in [3.8, 4) is 0 Å². The molecule has 1 atom stereocenters. The van der Waals surface area contributed by atoms with Gasteiger partial charge >= 0.3 is 0 Å². The molecule has 0 radical (unpaired) electrons. The maximum atomic E-state index is 11.9. The molecule has 1 heterocycles. The predicted molar refractivity (Wildman–Crippen MR) is 77.5 cm³/mol. The van der Waals surface area contributed by atoms with E-state index in [4.69, 9.17) is 0 Å². The van der Waals surface area contributed by atoms with Gasteiger partial charge in [-0.2, -0.15) is 15.4 Å². The average molecular weight is 273 g/mol. The van der Waals surface area contributed by atoms with Crippen molar-refractivity contribution in [1.29, 1.82) is 0 Å². The monoisotopic (exact) mass is 273 g/mol. The maximum absolute atomic E-state index is 11.9. The lowest BCUT2D eigenvalue weighted by Crippen LogP contribution is -2.19. The highest BCUT2D eigenvalue weighted by molar-refractivity contribution is 6.02. The maximum Gasteiger partial charge on any atom is 0.277 e. The quantitative estimate of drug-likeness (QED) is 0.753. The Morgan fingerprint density at radius 3 is 3.00 bits per heavy atom. The SMILES string of the molecule is CCCNC(C)c1cccc(NC(=O)c2cn[nH]n2)c1. The summed E-state index contributed by atoms with van der Waals surface area (Å²) in [6, 6.07) is 8.04. The van der Waals surface area contributed by atoms with E-state index in [9.17, 15) is 4.79 Å². The zero-order valence-corrected chi connectivity index (χ0v) is 11.7. The van der Waals surface area contributed by atoms with Crippen LogP contribution in [0.2, 0.25) is 0 Å². The summed E-state index contributed by atoms with van der Waals surface area (Å²) in [4.78, 5) is 11.9. The highest BCUT2D eigenvalue weighted by atomic mass is 16.2. The van der Waals surface area contributed by atoms with E-state index in [1.54, 1.807) is 0 Å². The number of H-pyrrole nitrogens is 1. The van der Waals surface area contributed by atoms with E-state index in [2.05, 4.69) is 39.9 Å². The van der Waals surface area contributed by atoms with Gasteiger partial charge in [-0.15, -0.1) is 0 Å². The fraction of sp³-hybridized carbons (Fsp3) is 0.357. The van der Waals surface area contributed by atoms with E-state index in [1.807, 2.05) is 24.3 Å². The highest BCUT2D eigenvalue weighted by Gasteiger charge is 2.10. The van der Waals surface area contributed by atoms with Crippen LogP contribution in [0.5, 0.6) is 0 Å². The molecule has 6 nitrogen and oxygen atoms in total. The molecule has 0 fully saturated rings. The predicted octanol–water partition coefficient (Wildman–Crippen LogP) is 2.12. The Kier molecular flexibility index (Phi) is 4.84. The molecule has 0 aliphatic rings. The Hall–Kier alpha value is -2.21. The van der Waals surface area contributed by atoms with E-state index in [0.29, 0.717) is 0 Å². The van der Waals surface area contributed by atoms with Crippen LogP contribution >= 0.6 is 0 Å². The van der Waals surface area contributed by atoms with E-state index < -0.39 is 0 Å². The third-order valence-corrected chi connectivity index (χ3v) is 2.99. The average Bonchev–Trinajstić information content (AvgIpc) is 2.99. The summed E-state index contributed by atoms with van der Waals surface area (Å²) in [6.07, 6.45) is 2.48. The van der Waals surface area contributed by atoms with Crippen molar-refractivity contribution in [2.24, 2.45) is 0 Å². The molecule has 20 heavy (non-hydrogen) atoms. The molecular weight excluding hydrogens is 254 g/mol. The first-order chi connectivity index (χ1) is 9.70. The number of nitrogens with zero attached hydrogens (tertiary/aromatic N) is 2. The molecule has 3 N–H and O–H groups in total. The molecule has 0 aliphatic carbocycles. The van der Waals surface area contributed by atoms with Crippen molar-refractivity contribution in [2.45, 2.75) is 26.3 Å². The molecule has 1 aromatic heterocycles. The summed E-state index contributed by atoms with van der Waals surface area (Å²) in [5, 5.41) is 16.0. The van der Waals surface area contributed by atoms with Crippen LogP contribution in [0.25, 0.3) is 0 Å². The fourth-order valence-corrected chi connectivity index (χ4v) is 1.87. The smallest absolute Gasteiger partial charge is 0.277 e. The molecule has 0 spiro atoms. The molecule has 0 saturated carbocycles. The van der Waals surface area contributed by atoms with Crippen molar-refractivity contribution in [2.75, 3.05) is 11.9 Å². The molecule has 2 rings (SSSR count). The van der Waals surface area contributed by atoms with Gasteiger partial charge in [-0.25, -0.2) is 0 Å². The van der Waals surface area contributed by atoms with Crippen LogP contribution in [0.1, 0.15) is 42.4 Å². The minimum atomic E-state index is -0.273. The molecular formula is C14H19N5O. The van der Waals surface area contributed by atoms with Gasteiger partial charge < -0.3 is 10.6 Å². The van der Waals surface area contributed by atoms with Gasteiger partial charge in [-0.05, 0) is 37.6 Å². The van der Waals surface area contributed by atoms with Gasteiger partial charge in [-0.3, -0.25) is 4.79 Å². The van der Waals surface area contributed by atoms with E-state index in [-0.39, 0.29) is 17.6 Å². The van der Waals surface area contributed by atoms with Crippen molar-refractivity contribution in [3.05, 3.63) is 41.7 Å². The number of carbonyl (C=O) groups excluding carboxylic acids is 1. The number of carbonyl (C=O) groups is 1. The Morgan fingerprint density at radius 2 is 2.30 bits per heavy atom. The summed E-state index contributed by atoms with van der Waals surface area (Å²) in [5.74, 6) is -0.273. The number of anilines is 1. The first kappa shape index (κ1) is 14.2. The van der Waals surface area contributed by atoms with Crippen molar-refractivity contribution in [3.63, 3.8) is 0 Å². The summed E-state index contributed by atoms with van der Waals surface area (Å²) >= 11 is 0. The number of nitrogens with one attached hydrogen (secondary N) is 3. The lowest BCUT2D eigenvalue weighted by molar-refractivity contribution is 0.102. The van der Waals surface area contributed by atoms with Crippen LogP contribution in [0.15, 0.2) is 30.5 Å². The van der Waals surface area contributed by atoms with Crippen LogP contribution in [-0.4, -0.2) is 27.9 Å². The van der Waals surface area contributed by atoms with Crippen LogP contribution in [0.3, 0.4) is 0 Å². The second-order valence-electron chi connectivity index (χ2n) is 4.61. The standard InChI is InChI=1S/C14H19N5O/c1-3-7-15-10(2)11-5-4-6-12(8-11)17-14(20)13-9-16-19-18-13/h4-6,8-10,15H,3,7H2,1-2H3,(H,17,20)(H,16,18,19). The lowest BCUT2D eigenvalue weighted by Gasteiger charge is -2.14. The largest absolute Gasteiger partial charge is 0.321 e. The second-order valence-corrected chi connectivity index (χ2v) is 4.61. The zero-order valence-electron chi connectivity index (χ0n) is 11.7. The molecule has 1 unspecified atom stereocenters. The number of amides is 1. The number of aromatic nitrogens is 3. The van der Waals surface area contributed by atoms with Gasteiger partial charge in [0.15, 0.2) is 5.69 Å². The number of hydrogen-bond acceptors (Lipinski definition) is 4. The third kappa shape index (κ3) is 3.64. The summed E-state index contributed by atoms with van der Waals surface area (Å²) < 4.78 is 0. The number of rotatable bonds is 6. The Morgan fingerprint density at radius 1 is 1.45 bits per heavy atom. The molecule has 1 aromatic carbocycles. The molecule has 2 aromatic rings. The van der Waals surface area contributed by atoms with Gasteiger partial charge in [0, 0.05) is 11.7 Å². The van der Waals surface area contributed by atoms with Gasteiger partial charge in [0.2, 0.25) is 0 Å². The highest BCUT2D eigenvalue weighted by Crippen LogP contribution is 2.17. The first-order valence-corrected chi connectivity index (χ1v) is 6.71. The van der Waals surface area contributed by atoms with Gasteiger partial charge in [-0.1, -0.05) is 19.1 Å². The van der Waals surface area contributed by atoms with Crippen LogP contribution in [0.4, 0.5) is 5.69 Å². The minimum Gasteiger partial charge on any atom is -0.321 e. The van der Waals surface area contributed by atoms with Crippen LogP contribution in [-0.2, 0) is 0 Å². The Balaban J connectivity index is 2.04. The number of aromatic amines is 1. The van der Waals surface area contributed by atoms with Crippen LogP contribution < -0.4 is 10.6 Å². The van der Waals surface area contributed by atoms with Gasteiger partial charge in [0.05, 0.1) is 6.20 Å². The molecule has 1 amide bonds. The van der Waals surface area contributed by atoms with Crippen molar-refractivity contribution >= 4 is 11.6 Å². The second kappa shape index (κ2) is 6.81. The molecule has 0 saturated heterocycles. The Labute approximate surface area is 118 Å². The van der Waals surface area contributed by atoms with Gasteiger partial charge in [0.1, 0.15) is 0 Å². The molecule has 6 heteroatoms. The van der Waals surface area contributed by atoms with Gasteiger partial charge in [0.25, 0.3) is 5.91 Å². The topological polar surface area (TPSA) is 82.7 Å². The summed E-state index contributed by atoms with van der Waals surface area (Å²) in [6.45, 7) is 5.21. The molecule has 106 valence electrons. The summed E-state index contributed by atoms with van der Waals surface area (Å²) in [5.41, 5.74) is 2.16. The van der Waals surface area contributed by atoms with Crippen LogP contribution in [0, 0.1) is 0 Å². The van der Waals surface area contributed by atoms with E-state index >= 15 is 0 Å². The normalized spacial score (nSPS) is 12.1. The number of benzene rings is 1. The van der Waals surface area contributed by atoms with E-state index in [0.717, 1.165) is 24.2 Å². The number of hydrogen-bond donors (Lipinski definition) is 3. The Bertz CT molecular complexity index is 552. The lowest BCUT2D eigenvalue weighted by atomic mass is 10.1. The summed E-state index contributed by atoms with van der Waals surface area (Å²) in [7, 11) is 0. The molecule has 0 aliphatic heterocycles. The van der Waals surface area contributed by atoms with Crippen molar-refractivity contribution < 1.29 is 4.79 Å². The fourth-order valence-electron chi connectivity index (χ4n) is 1.87. The third-order valence-electron chi connectivity index (χ3n) is 2.99. The van der Waals surface area contributed by atoms with Crippen molar-refractivity contribution in [1.82, 2.24) is 20.7 Å². The first-order valence-electron chi connectivity index (χ1n) is 6.71. The zero-order chi connectivity index (χ0) is 14.4. The molecule has 0 bridgehead atoms. The minimum absolute atomic E-state index is 0.249. The van der Waals surface area contributed by atoms with E-state index in [1.165, 1.54) is 6.20 Å².